The molecular weight excluding hydrogens is 148 g/mol. The maximum Gasteiger partial charge on any atom is 0.124 e. The van der Waals surface area contributed by atoms with E-state index in [-0.39, 0.29) is 0 Å². The van der Waals surface area contributed by atoms with Crippen molar-refractivity contribution in [2.45, 2.75) is 32.6 Å². The Hall–Kier alpha value is -0.850. The lowest BCUT2D eigenvalue weighted by Crippen LogP contribution is -2.09. The molecule has 2 aliphatic rings. The number of hydrogen-bond acceptors (Lipinski definition) is 1. The Bertz CT molecular complexity index is 267. The Morgan fingerprint density at radius 3 is 2.92 bits per heavy atom. The van der Waals surface area contributed by atoms with E-state index in [2.05, 4.69) is 19.1 Å². The van der Waals surface area contributed by atoms with Gasteiger partial charge in [-0.05, 0) is 31.6 Å². The van der Waals surface area contributed by atoms with Crippen LogP contribution in [0.1, 0.15) is 32.6 Å². The fourth-order valence-corrected chi connectivity index (χ4v) is 2.22. The van der Waals surface area contributed by atoms with E-state index in [1.807, 2.05) is 0 Å². The third-order valence-corrected chi connectivity index (χ3v) is 3.13. The van der Waals surface area contributed by atoms with Crippen LogP contribution < -0.4 is 0 Å². The summed E-state index contributed by atoms with van der Waals surface area (Å²) >= 11 is 0. The summed E-state index contributed by atoms with van der Waals surface area (Å²) in [5.74, 6) is 0. The summed E-state index contributed by atoms with van der Waals surface area (Å²) < 4.78 is 0. The minimum Gasteiger partial charge on any atom is -0.303 e. The van der Waals surface area contributed by atoms with Crippen molar-refractivity contribution in [3.63, 3.8) is 0 Å². The highest BCUT2D eigenvalue weighted by molar-refractivity contribution is 5.58. The molecule has 1 spiro atoms. The largest absolute Gasteiger partial charge is 0.303 e. The van der Waals surface area contributed by atoms with Crippen LogP contribution in [0.25, 0.3) is 0 Å². The maximum absolute atomic E-state index is 10.5. The summed E-state index contributed by atoms with van der Waals surface area (Å²) in [6.45, 7) is 2.12. The summed E-state index contributed by atoms with van der Waals surface area (Å²) in [4.78, 5) is 10.5. The van der Waals surface area contributed by atoms with Crippen LogP contribution in [0.5, 0.6) is 0 Å². The minimum atomic E-state index is 0.430. The van der Waals surface area contributed by atoms with Crippen LogP contribution in [0.2, 0.25) is 0 Å². The van der Waals surface area contributed by atoms with Gasteiger partial charge in [-0.3, -0.25) is 0 Å². The van der Waals surface area contributed by atoms with Crippen molar-refractivity contribution in [1.82, 2.24) is 0 Å². The van der Waals surface area contributed by atoms with Gasteiger partial charge in [0.2, 0.25) is 0 Å². The molecule has 2 aliphatic carbocycles. The Kier molecular flexibility index (Phi) is 1.67. The second-order valence-electron chi connectivity index (χ2n) is 3.92. The number of hydrogen-bond donors (Lipinski definition) is 0. The van der Waals surface area contributed by atoms with Crippen LogP contribution >= 0.6 is 0 Å². The zero-order valence-electron chi connectivity index (χ0n) is 7.47. The van der Waals surface area contributed by atoms with E-state index in [4.69, 9.17) is 0 Å². The van der Waals surface area contributed by atoms with Crippen LogP contribution in [0.15, 0.2) is 23.3 Å². The first-order valence-corrected chi connectivity index (χ1v) is 4.59. The van der Waals surface area contributed by atoms with E-state index in [1.54, 1.807) is 0 Å². The summed E-state index contributed by atoms with van der Waals surface area (Å²) in [6, 6.07) is 0. The van der Waals surface area contributed by atoms with Crippen LogP contribution in [-0.2, 0) is 4.79 Å². The first-order valence-electron chi connectivity index (χ1n) is 4.59. The first-order chi connectivity index (χ1) is 5.78. The molecule has 0 amide bonds. The average Bonchev–Trinajstić information content (AvgIpc) is 2.79. The Morgan fingerprint density at radius 2 is 2.33 bits per heavy atom. The third-order valence-electron chi connectivity index (χ3n) is 3.13. The van der Waals surface area contributed by atoms with Crippen molar-refractivity contribution in [1.29, 1.82) is 0 Å². The normalized spacial score (nSPS) is 24.8. The van der Waals surface area contributed by atoms with Gasteiger partial charge in [-0.2, -0.15) is 0 Å². The molecule has 2 rings (SSSR count). The van der Waals surface area contributed by atoms with E-state index in [1.165, 1.54) is 24.0 Å². The molecule has 0 radical (unpaired) electrons. The SMILES string of the molecule is CC1=C(CC=O)C2(CC=C1)CC2. The molecule has 0 bridgehead atoms. The first kappa shape index (κ1) is 7.78. The smallest absolute Gasteiger partial charge is 0.124 e. The van der Waals surface area contributed by atoms with Gasteiger partial charge in [0.25, 0.3) is 0 Å². The standard InChI is InChI=1S/C11H14O/c1-9-3-2-5-11(6-7-11)10(9)4-8-12/h2-3,8H,4-7H2,1H3. The van der Waals surface area contributed by atoms with Crippen LogP contribution in [-0.4, -0.2) is 6.29 Å². The second-order valence-corrected chi connectivity index (χ2v) is 3.92. The highest BCUT2D eigenvalue weighted by Crippen LogP contribution is 2.58. The predicted octanol–water partition coefficient (Wildman–Crippen LogP) is 2.63. The molecule has 1 saturated carbocycles. The van der Waals surface area contributed by atoms with Gasteiger partial charge in [-0.15, -0.1) is 0 Å². The minimum absolute atomic E-state index is 0.430. The molecule has 0 aliphatic heterocycles. The zero-order valence-corrected chi connectivity index (χ0v) is 7.47. The summed E-state index contributed by atoms with van der Waals surface area (Å²) in [5, 5.41) is 0. The Morgan fingerprint density at radius 1 is 1.58 bits per heavy atom. The summed E-state index contributed by atoms with van der Waals surface area (Å²) in [5.41, 5.74) is 3.16. The molecule has 0 aromatic heterocycles. The molecule has 0 aromatic rings. The number of allylic oxidation sites excluding steroid dienone is 4. The summed E-state index contributed by atoms with van der Waals surface area (Å²) in [7, 11) is 0. The molecule has 12 heavy (non-hydrogen) atoms. The lowest BCUT2D eigenvalue weighted by atomic mass is 9.83. The quantitative estimate of drug-likeness (QED) is 0.570. The molecule has 0 unspecified atom stereocenters. The van der Waals surface area contributed by atoms with Gasteiger partial charge in [0.15, 0.2) is 0 Å². The molecule has 0 heterocycles. The van der Waals surface area contributed by atoms with Gasteiger partial charge in [-0.1, -0.05) is 23.3 Å². The van der Waals surface area contributed by atoms with Gasteiger partial charge in [-0.25, -0.2) is 0 Å². The molecule has 0 aromatic carbocycles. The van der Waals surface area contributed by atoms with E-state index in [0.717, 1.165) is 12.7 Å². The zero-order chi connectivity index (χ0) is 8.60. The van der Waals surface area contributed by atoms with Crippen molar-refractivity contribution in [2.75, 3.05) is 0 Å². The van der Waals surface area contributed by atoms with Gasteiger partial charge < -0.3 is 4.79 Å². The molecule has 0 atom stereocenters. The molecule has 1 nitrogen and oxygen atoms in total. The lowest BCUT2D eigenvalue weighted by molar-refractivity contribution is -0.107. The average molecular weight is 162 g/mol. The van der Waals surface area contributed by atoms with Gasteiger partial charge in [0, 0.05) is 6.42 Å². The number of carbonyl (C=O) groups is 1. The van der Waals surface area contributed by atoms with Crippen molar-refractivity contribution in [3.8, 4) is 0 Å². The lowest BCUT2D eigenvalue weighted by Gasteiger charge is -2.21. The van der Waals surface area contributed by atoms with E-state index in [9.17, 15) is 4.79 Å². The van der Waals surface area contributed by atoms with Gasteiger partial charge >= 0.3 is 0 Å². The second kappa shape index (κ2) is 2.58. The third kappa shape index (κ3) is 1.04. The highest BCUT2D eigenvalue weighted by atomic mass is 16.1. The van der Waals surface area contributed by atoms with Gasteiger partial charge in [0.05, 0.1) is 0 Å². The van der Waals surface area contributed by atoms with E-state index in [0.29, 0.717) is 11.8 Å². The molecule has 1 fully saturated rings. The Labute approximate surface area is 73.2 Å². The van der Waals surface area contributed by atoms with Crippen LogP contribution in [0.3, 0.4) is 0 Å². The number of aldehydes is 1. The van der Waals surface area contributed by atoms with Crippen molar-refractivity contribution < 1.29 is 4.79 Å². The van der Waals surface area contributed by atoms with Crippen molar-refractivity contribution >= 4 is 6.29 Å². The highest BCUT2D eigenvalue weighted by Gasteiger charge is 2.45. The van der Waals surface area contributed by atoms with E-state index < -0.39 is 0 Å². The monoisotopic (exact) mass is 162 g/mol. The van der Waals surface area contributed by atoms with Gasteiger partial charge in [0.1, 0.15) is 6.29 Å². The fraction of sp³-hybridized carbons (Fsp3) is 0.545. The maximum atomic E-state index is 10.5. The summed E-state index contributed by atoms with van der Waals surface area (Å²) in [6.07, 6.45) is 9.83. The molecule has 0 saturated heterocycles. The number of carbonyl (C=O) groups excluding carboxylic acids is 1. The predicted molar refractivity (Wildman–Crippen MR) is 48.8 cm³/mol. The Balaban J connectivity index is 2.30. The molecular formula is C11H14O. The topological polar surface area (TPSA) is 17.1 Å². The van der Waals surface area contributed by atoms with Crippen LogP contribution in [0, 0.1) is 5.41 Å². The van der Waals surface area contributed by atoms with Crippen molar-refractivity contribution in [3.05, 3.63) is 23.3 Å². The van der Waals surface area contributed by atoms with Crippen molar-refractivity contribution in [2.24, 2.45) is 5.41 Å². The number of rotatable bonds is 2. The molecule has 0 N–H and O–H groups in total. The fourth-order valence-electron chi connectivity index (χ4n) is 2.22. The van der Waals surface area contributed by atoms with Crippen LogP contribution in [0.4, 0.5) is 0 Å². The molecule has 1 heteroatoms. The molecule has 64 valence electrons. The van der Waals surface area contributed by atoms with E-state index >= 15 is 0 Å².